The maximum atomic E-state index is 2.56. The molecular formula is C68H48S4. The number of hydrogen-bond acceptors (Lipinski definition) is 4. The van der Waals surface area contributed by atoms with Crippen LogP contribution in [0.2, 0.25) is 0 Å². The maximum absolute atomic E-state index is 2.56. The standard InChI is InChI=1S/C68H48S4/c1-41-15-23-47(24-16-41)67(48-25-17-42(2)18-26-48)55-39-61(46-13-9-6-10-14-46)71-65(55)53-33-31-52-51(63(53)67)32-34-54-64(52)68(49-27-19-43(3)20-28-49,50-29-21-44(4)22-30-50)56-40-62(72-66(54)56)60-38-37-59(70-60)58-36-35-57(69-58)45-11-7-5-8-12-45/h5-40H,1-4H3. The molecular weight excluding hydrogens is 945 g/mol. The topological polar surface area (TPSA) is 0 Å². The Labute approximate surface area is 437 Å². The van der Waals surface area contributed by atoms with Gasteiger partial charge in [0.2, 0.25) is 0 Å². The van der Waals surface area contributed by atoms with E-state index in [0.717, 1.165) is 0 Å². The third-order valence-corrected chi connectivity index (χ3v) is 20.5. The first kappa shape index (κ1) is 43.6. The van der Waals surface area contributed by atoms with Crippen LogP contribution in [0, 0.1) is 27.7 Å². The lowest BCUT2D eigenvalue weighted by atomic mass is 9.64. The van der Waals surface area contributed by atoms with Crippen molar-refractivity contribution in [2.45, 2.75) is 38.5 Å². The van der Waals surface area contributed by atoms with E-state index in [0.29, 0.717) is 0 Å². The fourth-order valence-electron chi connectivity index (χ4n) is 12.0. The highest BCUT2D eigenvalue weighted by atomic mass is 32.1. The second kappa shape index (κ2) is 16.7. The lowest BCUT2D eigenvalue weighted by Crippen LogP contribution is -2.30. The summed E-state index contributed by atoms with van der Waals surface area (Å²) in [6.07, 6.45) is 0. The van der Waals surface area contributed by atoms with Crippen molar-refractivity contribution < 1.29 is 0 Å². The van der Waals surface area contributed by atoms with Crippen LogP contribution < -0.4 is 0 Å². The Morgan fingerprint density at radius 3 is 1.03 bits per heavy atom. The molecule has 2 aliphatic rings. The number of fused-ring (bicyclic) bond motifs is 9. The van der Waals surface area contributed by atoms with E-state index in [4.69, 9.17) is 0 Å². The van der Waals surface area contributed by atoms with E-state index in [-0.39, 0.29) is 0 Å². The number of thiophene rings is 4. The third kappa shape index (κ3) is 6.46. The van der Waals surface area contributed by atoms with Gasteiger partial charge in [0, 0.05) is 39.0 Å². The van der Waals surface area contributed by atoms with Crippen LogP contribution in [0.25, 0.3) is 72.0 Å². The minimum atomic E-state index is -0.590. The first-order valence-electron chi connectivity index (χ1n) is 24.8. The molecule has 0 radical (unpaired) electrons. The molecule has 0 amide bonds. The molecule has 72 heavy (non-hydrogen) atoms. The van der Waals surface area contributed by atoms with E-state index in [9.17, 15) is 0 Å². The summed E-state index contributed by atoms with van der Waals surface area (Å²) in [5.74, 6) is 0. The van der Waals surface area contributed by atoms with Crippen LogP contribution in [0.4, 0.5) is 0 Å². The summed E-state index contributed by atoms with van der Waals surface area (Å²) >= 11 is 7.69. The van der Waals surface area contributed by atoms with Crippen molar-refractivity contribution in [3.8, 4) is 61.3 Å². The van der Waals surface area contributed by atoms with Crippen LogP contribution in [0.3, 0.4) is 0 Å². The Hall–Kier alpha value is -7.18. The highest BCUT2D eigenvalue weighted by molar-refractivity contribution is 7.28. The van der Waals surface area contributed by atoms with Crippen molar-refractivity contribution >= 4 is 56.1 Å². The molecule has 0 N–H and O–H groups in total. The van der Waals surface area contributed by atoms with Gasteiger partial charge in [0.15, 0.2) is 0 Å². The van der Waals surface area contributed by atoms with Gasteiger partial charge in [-0.15, -0.1) is 45.3 Å². The molecule has 0 aliphatic heterocycles. The van der Waals surface area contributed by atoms with Gasteiger partial charge in [-0.1, -0.05) is 204 Å². The van der Waals surface area contributed by atoms with Crippen LogP contribution in [0.1, 0.15) is 66.8 Å². The van der Waals surface area contributed by atoms with Gasteiger partial charge in [-0.25, -0.2) is 0 Å². The van der Waals surface area contributed by atoms with Crippen LogP contribution in [0.15, 0.2) is 218 Å². The Morgan fingerprint density at radius 1 is 0.278 bits per heavy atom. The Kier molecular flexibility index (Phi) is 10.1. The van der Waals surface area contributed by atoms with Gasteiger partial charge in [0.05, 0.1) is 10.8 Å². The molecule has 344 valence electrons. The molecule has 0 unspecified atom stereocenters. The van der Waals surface area contributed by atoms with Gasteiger partial charge in [-0.05, 0) is 142 Å². The van der Waals surface area contributed by atoms with Crippen molar-refractivity contribution in [3.63, 3.8) is 0 Å². The fourth-order valence-corrected chi connectivity index (χ4v) is 16.7. The average Bonchev–Trinajstić information content (AvgIpc) is 4.29. The van der Waals surface area contributed by atoms with E-state index in [1.165, 1.54) is 139 Å². The zero-order chi connectivity index (χ0) is 48.3. The van der Waals surface area contributed by atoms with E-state index >= 15 is 0 Å². The van der Waals surface area contributed by atoms with Crippen molar-refractivity contribution in [3.05, 3.63) is 285 Å². The first-order valence-corrected chi connectivity index (χ1v) is 28.1. The lowest BCUT2D eigenvalue weighted by molar-refractivity contribution is 0.771. The fraction of sp³-hybridized carbons (Fsp3) is 0.0882. The quantitative estimate of drug-likeness (QED) is 0.142. The summed E-state index contributed by atoms with van der Waals surface area (Å²) in [6, 6.07) is 83.8. The van der Waals surface area contributed by atoms with E-state index in [1.807, 2.05) is 45.3 Å². The second-order valence-corrected chi connectivity index (χ2v) is 24.1. The largest absolute Gasteiger partial charge is 0.135 e. The molecule has 2 aliphatic carbocycles. The summed E-state index contributed by atoms with van der Waals surface area (Å²) in [4.78, 5) is 10.6. The number of benzene rings is 8. The lowest BCUT2D eigenvalue weighted by Gasteiger charge is -2.36. The summed E-state index contributed by atoms with van der Waals surface area (Å²) in [5, 5.41) is 2.62. The molecule has 0 atom stereocenters. The van der Waals surface area contributed by atoms with Gasteiger partial charge in [0.1, 0.15) is 0 Å². The van der Waals surface area contributed by atoms with Crippen molar-refractivity contribution in [2.75, 3.05) is 0 Å². The first-order chi connectivity index (χ1) is 35.3. The zero-order valence-electron chi connectivity index (χ0n) is 40.4. The summed E-state index contributed by atoms with van der Waals surface area (Å²) in [5.41, 5.74) is 19.7. The molecule has 0 nitrogen and oxygen atoms in total. The Morgan fingerprint density at radius 2 is 0.611 bits per heavy atom. The molecule has 0 spiro atoms. The van der Waals surface area contributed by atoms with Gasteiger partial charge < -0.3 is 0 Å². The number of rotatable bonds is 8. The van der Waals surface area contributed by atoms with Gasteiger partial charge in [0.25, 0.3) is 0 Å². The molecule has 0 saturated carbocycles. The van der Waals surface area contributed by atoms with E-state index < -0.39 is 10.8 Å². The molecule has 4 heteroatoms. The van der Waals surface area contributed by atoms with E-state index in [2.05, 4.69) is 246 Å². The van der Waals surface area contributed by atoms with Gasteiger partial charge >= 0.3 is 0 Å². The Bertz CT molecular complexity index is 3940. The molecule has 4 heterocycles. The molecule has 0 fully saturated rings. The number of aryl methyl sites for hydroxylation is 4. The molecule has 4 aromatic heterocycles. The van der Waals surface area contributed by atoms with Gasteiger partial charge in [-0.3, -0.25) is 0 Å². The monoisotopic (exact) mass is 992 g/mol. The predicted octanol–water partition coefficient (Wildman–Crippen LogP) is 19.7. The normalized spacial score (nSPS) is 13.8. The van der Waals surface area contributed by atoms with Crippen LogP contribution in [-0.2, 0) is 10.8 Å². The van der Waals surface area contributed by atoms with E-state index in [1.54, 1.807) is 0 Å². The molecule has 14 rings (SSSR count). The summed E-state index contributed by atoms with van der Waals surface area (Å²) < 4.78 is 0. The second-order valence-electron chi connectivity index (χ2n) is 19.8. The molecule has 12 aromatic rings. The smallest absolute Gasteiger partial charge is 0.0728 e. The molecule has 0 bridgehead atoms. The minimum Gasteiger partial charge on any atom is -0.135 e. The maximum Gasteiger partial charge on any atom is 0.0728 e. The highest BCUT2D eigenvalue weighted by Crippen LogP contribution is 2.66. The van der Waals surface area contributed by atoms with Crippen molar-refractivity contribution in [1.29, 1.82) is 0 Å². The summed E-state index contributed by atoms with van der Waals surface area (Å²) in [6.45, 7) is 8.83. The van der Waals surface area contributed by atoms with Crippen LogP contribution >= 0.6 is 45.3 Å². The predicted molar refractivity (Wildman–Crippen MR) is 311 cm³/mol. The third-order valence-electron chi connectivity index (χ3n) is 15.5. The Balaban J connectivity index is 1.05. The van der Waals surface area contributed by atoms with Crippen molar-refractivity contribution in [1.82, 2.24) is 0 Å². The molecule has 8 aromatic carbocycles. The average molecular weight is 993 g/mol. The SMILES string of the molecule is Cc1ccc(C2(c3ccc(C)cc3)c3cc(-c4ccccc4)sc3-c3ccc4c5c(ccc4c32)-c2sc(-c3ccc(-c4ccc(-c6ccccc6)s4)s3)cc2C5(c2ccc(C)cc2)c2ccc(C)cc2)cc1. The van der Waals surface area contributed by atoms with Crippen LogP contribution in [0.5, 0.6) is 0 Å². The highest BCUT2D eigenvalue weighted by Gasteiger charge is 2.52. The summed E-state index contributed by atoms with van der Waals surface area (Å²) in [7, 11) is 0. The van der Waals surface area contributed by atoms with Crippen molar-refractivity contribution in [2.24, 2.45) is 0 Å². The zero-order valence-corrected chi connectivity index (χ0v) is 43.7. The van der Waals surface area contributed by atoms with Crippen LogP contribution in [-0.4, -0.2) is 0 Å². The number of hydrogen-bond donors (Lipinski definition) is 0. The molecule has 0 saturated heterocycles. The minimum absolute atomic E-state index is 0.572. The van der Waals surface area contributed by atoms with Gasteiger partial charge in [-0.2, -0.15) is 0 Å².